The molecular formula is C48H51N5O7S. The Morgan fingerprint density at radius 2 is 1.52 bits per heavy atom. The van der Waals surface area contributed by atoms with Crippen LogP contribution in [0, 0.1) is 0 Å². The van der Waals surface area contributed by atoms with Crippen molar-refractivity contribution in [3.63, 3.8) is 0 Å². The third-order valence-electron chi connectivity index (χ3n) is 11.3. The number of hydrogen-bond acceptors (Lipinski definition) is 11. The number of aromatic nitrogens is 1. The zero-order valence-corrected chi connectivity index (χ0v) is 35.8. The molecule has 0 bridgehead atoms. The normalized spacial score (nSPS) is 16.4. The van der Waals surface area contributed by atoms with Crippen molar-refractivity contribution in [2.75, 3.05) is 48.2 Å². The molecule has 0 saturated heterocycles. The summed E-state index contributed by atoms with van der Waals surface area (Å²) in [5.41, 5.74) is 13.4. The molecule has 12 nitrogen and oxygen atoms in total. The molecule has 0 saturated carbocycles. The van der Waals surface area contributed by atoms with Crippen LogP contribution in [0.1, 0.15) is 69.9 Å². The molecule has 0 fully saturated rings. The zero-order chi connectivity index (χ0) is 42.8. The second-order valence-corrected chi connectivity index (χ2v) is 17.3. The lowest BCUT2D eigenvalue weighted by Gasteiger charge is -2.24. The predicted molar refractivity (Wildman–Crippen MR) is 241 cm³/mol. The smallest absolute Gasteiger partial charge is 0.261 e. The van der Waals surface area contributed by atoms with Gasteiger partial charge in [-0.1, -0.05) is 56.3 Å². The number of fused-ring (bicyclic) bond motifs is 5. The van der Waals surface area contributed by atoms with Crippen LogP contribution >= 0.6 is 12.6 Å². The van der Waals surface area contributed by atoms with Gasteiger partial charge >= 0.3 is 0 Å². The molecule has 2 atom stereocenters. The van der Waals surface area contributed by atoms with Gasteiger partial charge in [-0.25, -0.2) is 0 Å². The fourth-order valence-corrected chi connectivity index (χ4v) is 8.44. The van der Waals surface area contributed by atoms with E-state index in [1.807, 2.05) is 65.6 Å². The molecule has 0 aliphatic carbocycles. The van der Waals surface area contributed by atoms with Crippen LogP contribution in [0.3, 0.4) is 0 Å². The summed E-state index contributed by atoms with van der Waals surface area (Å²) in [6.45, 7) is 9.28. The first-order valence-electron chi connectivity index (χ1n) is 20.4. The van der Waals surface area contributed by atoms with Crippen molar-refractivity contribution in [1.29, 1.82) is 0 Å². The Bertz CT molecular complexity index is 2490. The lowest BCUT2D eigenvalue weighted by molar-refractivity contribution is 0.0975. The maximum Gasteiger partial charge on any atom is 0.261 e. The highest BCUT2D eigenvalue weighted by Gasteiger charge is 2.38. The van der Waals surface area contributed by atoms with Crippen LogP contribution in [0.4, 0.5) is 22.7 Å². The fourth-order valence-electron chi connectivity index (χ4n) is 8.29. The average molecular weight is 842 g/mol. The molecule has 8 rings (SSSR count). The van der Waals surface area contributed by atoms with E-state index in [1.165, 1.54) is 7.11 Å². The summed E-state index contributed by atoms with van der Waals surface area (Å²) in [5.74, 6) is 1.83. The number of nitrogen functional groups attached to an aromatic ring is 1. The summed E-state index contributed by atoms with van der Waals surface area (Å²) in [6, 6.07) is 26.1. The number of benzene rings is 4. The molecule has 3 N–H and O–H groups in total. The van der Waals surface area contributed by atoms with Gasteiger partial charge in [0.25, 0.3) is 11.8 Å². The van der Waals surface area contributed by atoms with Crippen LogP contribution in [0.2, 0.25) is 0 Å². The second-order valence-electron chi connectivity index (χ2n) is 16.1. The number of ether oxygens (including phenoxy) is 5. The van der Waals surface area contributed by atoms with Crippen LogP contribution in [-0.2, 0) is 26.1 Å². The molecule has 1 aromatic heterocycles. The highest BCUT2D eigenvalue weighted by Crippen LogP contribution is 2.42. The molecule has 3 aliphatic heterocycles. The Labute approximate surface area is 362 Å². The summed E-state index contributed by atoms with van der Waals surface area (Å²) in [6.07, 6.45) is 4.90. The van der Waals surface area contributed by atoms with Crippen molar-refractivity contribution in [1.82, 2.24) is 4.98 Å². The van der Waals surface area contributed by atoms with E-state index < -0.39 is 0 Å². The van der Waals surface area contributed by atoms with Gasteiger partial charge in [0, 0.05) is 52.6 Å². The van der Waals surface area contributed by atoms with Gasteiger partial charge in [-0.3, -0.25) is 14.6 Å². The Morgan fingerprint density at radius 3 is 2.20 bits per heavy atom. The molecule has 0 radical (unpaired) electrons. The van der Waals surface area contributed by atoms with Crippen molar-refractivity contribution in [2.45, 2.75) is 69.6 Å². The number of carbonyl (C=O) groups excluding carboxylic acids is 2. The van der Waals surface area contributed by atoms with E-state index in [0.29, 0.717) is 76.5 Å². The van der Waals surface area contributed by atoms with Crippen LogP contribution in [0.5, 0.6) is 28.7 Å². The number of amides is 2. The third kappa shape index (κ3) is 8.65. The Balaban J connectivity index is 1.02. The van der Waals surface area contributed by atoms with Crippen molar-refractivity contribution in [3.8, 4) is 28.7 Å². The maximum atomic E-state index is 14.0. The molecule has 316 valence electrons. The van der Waals surface area contributed by atoms with Crippen molar-refractivity contribution in [2.24, 2.45) is 0 Å². The highest BCUT2D eigenvalue weighted by atomic mass is 32.1. The second kappa shape index (κ2) is 17.3. The Kier molecular flexibility index (Phi) is 11.8. The SMILES string of the molecule is C=CC1Cc2ccccc2N1C(=O)c1cc(OC)c(OCc2cc(OCCCC(C)(C)S)cc(COc3cc4c(cc3OC)C(=O)N3c5ccccc5CC3CN4)n2)cc1N. The number of carbonyl (C=O) groups is 2. The number of hydrogen-bond donors (Lipinski definition) is 3. The number of anilines is 4. The van der Waals surface area contributed by atoms with E-state index in [1.54, 1.807) is 36.3 Å². The molecule has 4 heterocycles. The largest absolute Gasteiger partial charge is 0.493 e. The predicted octanol–water partition coefficient (Wildman–Crippen LogP) is 8.46. The zero-order valence-electron chi connectivity index (χ0n) is 34.9. The topological polar surface area (TPSA) is 138 Å². The minimum atomic E-state index is -0.255. The van der Waals surface area contributed by atoms with Gasteiger partial charge in [0.1, 0.15) is 19.0 Å². The number of para-hydroxylation sites is 2. The summed E-state index contributed by atoms with van der Waals surface area (Å²) in [7, 11) is 3.07. The molecule has 3 aliphatic rings. The number of rotatable bonds is 15. The van der Waals surface area contributed by atoms with Gasteiger partial charge in [0.2, 0.25) is 0 Å². The van der Waals surface area contributed by atoms with Gasteiger partial charge in [-0.15, -0.1) is 6.58 Å². The summed E-state index contributed by atoms with van der Waals surface area (Å²) in [4.78, 5) is 36.5. The van der Waals surface area contributed by atoms with E-state index >= 15 is 0 Å². The summed E-state index contributed by atoms with van der Waals surface area (Å²) in [5, 5.41) is 3.49. The minimum absolute atomic E-state index is 0.00545. The number of thiol groups is 1. The van der Waals surface area contributed by atoms with E-state index in [2.05, 4.69) is 44.4 Å². The van der Waals surface area contributed by atoms with Crippen molar-refractivity contribution >= 4 is 47.2 Å². The van der Waals surface area contributed by atoms with Crippen molar-refractivity contribution in [3.05, 3.63) is 131 Å². The van der Waals surface area contributed by atoms with Gasteiger partial charge in [-0.2, -0.15) is 12.6 Å². The molecule has 61 heavy (non-hydrogen) atoms. The first kappa shape index (κ1) is 41.4. The Hall–Kier alpha value is -6.34. The first-order chi connectivity index (χ1) is 29.4. The van der Waals surface area contributed by atoms with Crippen LogP contribution in [0.25, 0.3) is 0 Å². The summed E-state index contributed by atoms with van der Waals surface area (Å²) >= 11 is 4.66. The Morgan fingerprint density at radius 1 is 0.885 bits per heavy atom. The van der Waals surface area contributed by atoms with Gasteiger partial charge in [-0.05, 0) is 61.1 Å². The van der Waals surface area contributed by atoms with Crippen molar-refractivity contribution < 1.29 is 33.3 Å². The molecule has 2 unspecified atom stereocenters. The maximum absolute atomic E-state index is 14.0. The van der Waals surface area contributed by atoms with Crippen LogP contribution < -0.4 is 44.5 Å². The van der Waals surface area contributed by atoms with E-state index in [4.69, 9.17) is 34.4 Å². The molecule has 13 heteroatoms. The molecule has 4 aromatic carbocycles. The third-order valence-corrected chi connectivity index (χ3v) is 11.5. The van der Waals surface area contributed by atoms with Crippen LogP contribution in [-0.4, -0.2) is 61.0 Å². The van der Waals surface area contributed by atoms with E-state index in [-0.39, 0.29) is 47.5 Å². The van der Waals surface area contributed by atoms with Gasteiger partial charge < -0.3 is 44.5 Å². The van der Waals surface area contributed by atoms with Crippen LogP contribution in [0.15, 0.2) is 97.6 Å². The number of nitrogens with zero attached hydrogens (tertiary/aromatic N) is 3. The minimum Gasteiger partial charge on any atom is -0.493 e. The number of nitrogens with one attached hydrogen (secondary N) is 1. The molecule has 2 amide bonds. The number of methoxy groups -OCH3 is 2. The van der Waals surface area contributed by atoms with Gasteiger partial charge in [0.05, 0.1) is 61.1 Å². The quantitative estimate of drug-likeness (QED) is 0.0408. The summed E-state index contributed by atoms with van der Waals surface area (Å²) < 4.78 is 30.3. The number of nitrogens with two attached hydrogens (primary N) is 1. The van der Waals surface area contributed by atoms with E-state index in [9.17, 15) is 9.59 Å². The fraction of sp³-hybridized carbons (Fsp3) is 0.312. The standard InChI is InChI=1S/C48H51N5O7S/c1-6-33-18-29-12-7-9-14-40(29)52(33)46(54)36-22-42(56-4)44(24-38(36)49)59-27-31-20-35(58-17-11-16-48(2,3)61)21-32(51-31)28-60-45-25-39-37(23-43(45)57-5)47(55)53-34(26-50-39)19-30-13-8-10-15-41(30)53/h6-10,12-15,20-25,33-34,50,61H,1,11,16-19,26-28,49H2,2-5H3. The van der Waals surface area contributed by atoms with E-state index in [0.717, 1.165) is 41.8 Å². The highest BCUT2D eigenvalue weighted by molar-refractivity contribution is 7.81. The lowest BCUT2D eigenvalue weighted by Crippen LogP contribution is -2.39. The number of pyridine rings is 1. The average Bonchev–Trinajstić information content (AvgIpc) is 3.79. The molecule has 0 spiro atoms. The first-order valence-corrected chi connectivity index (χ1v) is 20.9. The lowest BCUT2D eigenvalue weighted by atomic mass is 10.1. The molecular weight excluding hydrogens is 791 g/mol. The molecule has 5 aromatic rings. The van der Waals surface area contributed by atoms with Gasteiger partial charge in [0.15, 0.2) is 23.0 Å². The monoisotopic (exact) mass is 841 g/mol.